The lowest BCUT2D eigenvalue weighted by Crippen LogP contribution is -2.33. The second kappa shape index (κ2) is 7.14. The van der Waals surface area contributed by atoms with Gasteiger partial charge in [-0.3, -0.25) is 9.69 Å². The Hall–Kier alpha value is -2.20. The minimum absolute atomic E-state index is 0.170. The van der Waals surface area contributed by atoms with E-state index in [1.54, 1.807) is 18.2 Å². The predicted octanol–water partition coefficient (Wildman–Crippen LogP) is 4.22. The van der Waals surface area contributed by atoms with Crippen molar-refractivity contribution in [3.05, 3.63) is 65.0 Å². The molecule has 1 fully saturated rings. The maximum absolute atomic E-state index is 13.7. The first kappa shape index (κ1) is 16.7. The van der Waals surface area contributed by atoms with E-state index in [1.807, 2.05) is 0 Å². The first-order valence-corrected chi connectivity index (χ1v) is 8.39. The van der Waals surface area contributed by atoms with Crippen LogP contribution in [0.1, 0.15) is 35.6 Å². The predicted molar refractivity (Wildman–Crippen MR) is 94.5 cm³/mol. The van der Waals surface area contributed by atoms with Crippen LogP contribution in [0.25, 0.3) is 0 Å². The molecule has 0 aromatic heterocycles. The number of likely N-dealkylation sites (tertiary alicyclic amines) is 1. The summed E-state index contributed by atoms with van der Waals surface area (Å²) in [6.07, 6.45) is 2.13. The average molecular weight is 326 g/mol. The SMILES string of the molecule is Cc1cc(C)cc(C2CCCN2CC(=O)Nc2ccccc2F)c1. The average Bonchev–Trinajstić information content (AvgIpc) is 2.96. The van der Waals surface area contributed by atoms with Gasteiger partial charge in [0, 0.05) is 6.04 Å². The van der Waals surface area contributed by atoms with Gasteiger partial charge in [-0.25, -0.2) is 4.39 Å². The van der Waals surface area contributed by atoms with Crippen molar-refractivity contribution < 1.29 is 9.18 Å². The third kappa shape index (κ3) is 3.82. The Labute approximate surface area is 142 Å². The fraction of sp³-hybridized carbons (Fsp3) is 0.350. The molecule has 2 aromatic rings. The van der Waals surface area contributed by atoms with Gasteiger partial charge in [0.2, 0.25) is 5.91 Å². The second-order valence-corrected chi connectivity index (χ2v) is 6.58. The van der Waals surface area contributed by atoms with Crippen LogP contribution in [0.4, 0.5) is 10.1 Å². The third-order valence-corrected chi connectivity index (χ3v) is 4.49. The molecular formula is C20H23FN2O. The minimum atomic E-state index is -0.405. The Bertz CT molecular complexity index is 724. The number of carbonyl (C=O) groups excluding carboxylic acids is 1. The third-order valence-electron chi connectivity index (χ3n) is 4.49. The molecule has 0 saturated carbocycles. The van der Waals surface area contributed by atoms with Crippen molar-refractivity contribution in [1.29, 1.82) is 0 Å². The number of anilines is 1. The van der Waals surface area contributed by atoms with E-state index < -0.39 is 5.82 Å². The Kier molecular flexibility index (Phi) is 4.95. The quantitative estimate of drug-likeness (QED) is 0.912. The zero-order chi connectivity index (χ0) is 17.1. The highest BCUT2D eigenvalue weighted by atomic mass is 19.1. The molecule has 1 aliphatic rings. The summed E-state index contributed by atoms with van der Waals surface area (Å²) in [7, 11) is 0. The Balaban J connectivity index is 1.69. The standard InChI is InChI=1S/C20H23FN2O/c1-14-10-15(2)12-16(11-14)19-8-5-9-23(19)13-20(24)22-18-7-4-3-6-17(18)21/h3-4,6-7,10-12,19H,5,8-9,13H2,1-2H3,(H,22,24). The molecule has 1 saturated heterocycles. The molecule has 0 spiro atoms. The molecule has 126 valence electrons. The van der Waals surface area contributed by atoms with Crippen LogP contribution in [0.5, 0.6) is 0 Å². The number of hydrogen-bond acceptors (Lipinski definition) is 2. The van der Waals surface area contributed by atoms with Crippen molar-refractivity contribution in [3.63, 3.8) is 0 Å². The Morgan fingerprint density at radius 1 is 1.21 bits per heavy atom. The van der Waals surface area contributed by atoms with Gasteiger partial charge in [-0.05, 0) is 50.9 Å². The van der Waals surface area contributed by atoms with E-state index in [0.717, 1.165) is 19.4 Å². The van der Waals surface area contributed by atoms with Gasteiger partial charge >= 0.3 is 0 Å². The monoisotopic (exact) mass is 326 g/mol. The molecule has 4 heteroatoms. The molecule has 1 aliphatic heterocycles. The highest BCUT2D eigenvalue weighted by Crippen LogP contribution is 2.32. The van der Waals surface area contributed by atoms with Crippen molar-refractivity contribution in [2.24, 2.45) is 0 Å². The van der Waals surface area contributed by atoms with Crippen molar-refractivity contribution >= 4 is 11.6 Å². The fourth-order valence-electron chi connectivity index (χ4n) is 3.53. The summed E-state index contributed by atoms with van der Waals surface area (Å²) in [6.45, 7) is 5.37. The lowest BCUT2D eigenvalue weighted by molar-refractivity contribution is -0.117. The van der Waals surface area contributed by atoms with E-state index in [0.29, 0.717) is 0 Å². The topological polar surface area (TPSA) is 32.3 Å². The number of hydrogen-bond donors (Lipinski definition) is 1. The van der Waals surface area contributed by atoms with Gasteiger partial charge in [-0.15, -0.1) is 0 Å². The summed E-state index contributed by atoms with van der Waals surface area (Å²) in [5.74, 6) is -0.575. The van der Waals surface area contributed by atoms with Crippen LogP contribution in [-0.2, 0) is 4.79 Å². The number of rotatable bonds is 4. The van der Waals surface area contributed by atoms with E-state index in [-0.39, 0.29) is 24.2 Å². The highest BCUT2D eigenvalue weighted by molar-refractivity contribution is 5.92. The van der Waals surface area contributed by atoms with Gasteiger partial charge in [-0.2, -0.15) is 0 Å². The van der Waals surface area contributed by atoms with E-state index in [2.05, 4.69) is 42.3 Å². The van der Waals surface area contributed by atoms with Crippen LogP contribution < -0.4 is 5.32 Å². The molecule has 1 unspecified atom stereocenters. The van der Waals surface area contributed by atoms with Crippen LogP contribution in [-0.4, -0.2) is 23.9 Å². The molecule has 1 amide bonds. The van der Waals surface area contributed by atoms with Crippen molar-refractivity contribution in [2.45, 2.75) is 32.7 Å². The Morgan fingerprint density at radius 3 is 2.62 bits per heavy atom. The molecule has 0 radical (unpaired) electrons. The van der Waals surface area contributed by atoms with E-state index in [1.165, 1.54) is 22.8 Å². The van der Waals surface area contributed by atoms with E-state index in [9.17, 15) is 9.18 Å². The summed E-state index contributed by atoms with van der Waals surface area (Å²) in [5, 5.41) is 2.68. The summed E-state index contributed by atoms with van der Waals surface area (Å²) >= 11 is 0. The summed E-state index contributed by atoms with van der Waals surface area (Å²) in [6, 6.07) is 13.1. The largest absolute Gasteiger partial charge is 0.322 e. The highest BCUT2D eigenvalue weighted by Gasteiger charge is 2.28. The number of nitrogens with one attached hydrogen (secondary N) is 1. The zero-order valence-electron chi connectivity index (χ0n) is 14.2. The van der Waals surface area contributed by atoms with Crippen LogP contribution in [0.2, 0.25) is 0 Å². The van der Waals surface area contributed by atoms with E-state index in [4.69, 9.17) is 0 Å². The number of carbonyl (C=O) groups is 1. The van der Waals surface area contributed by atoms with Gasteiger partial charge < -0.3 is 5.32 Å². The maximum Gasteiger partial charge on any atom is 0.238 e. The number of aryl methyl sites for hydroxylation is 2. The fourth-order valence-corrected chi connectivity index (χ4v) is 3.53. The van der Waals surface area contributed by atoms with Crippen LogP contribution in [0.15, 0.2) is 42.5 Å². The molecule has 24 heavy (non-hydrogen) atoms. The number of nitrogens with zero attached hydrogens (tertiary/aromatic N) is 1. The second-order valence-electron chi connectivity index (χ2n) is 6.58. The summed E-state index contributed by atoms with van der Waals surface area (Å²) in [5.41, 5.74) is 3.99. The number of para-hydroxylation sites is 1. The van der Waals surface area contributed by atoms with E-state index >= 15 is 0 Å². The maximum atomic E-state index is 13.7. The lowest BCUT2D eigenvalue weighted by atomic mass is 9.99. The minimum Gasteiger partial charge on any atom is -0.322 e. The van der Waals surface area contributed by atoms with Gasteiger partial charge in [-0.1, -0.05) is 41.5 Å². The number of amides is 1. The van der Waals surface area contributed by atoms with Gasteiger partial charge in [0.25, 0.3) is 0 Å². The number of halogens is 1. The molecule has 1 N–H and O–H groups in total. The van der Waals surface area contributed by atoms with Gasteiger partial charge in [0.05, 0.1) is 12.2 Å². The van der Waals surface area contributed by atoms with Crippen LogP contribution in [0, 0.1) is 19.7 Å². The molecule has 1 atom stereocenters. The van der Waals surface area contributed by atoms with Gasteiger partial charge in [0.15, 0.2) is 0 Å². The normalized spacial score (nSPS) is 17.9. The molecule has 0 aliphatic carbocycles. The first-order chi connectivity index (χ1) is 11.5. The molecular weight excluding hydrogens is 303 g/mol. The van der Waals surface area contributed by atoms with Gasteiger partial charge in [0.1, 0.15) is 5.82 Å². The molecule has 3 nitrogen and oxygen atoms in total. The molecule has 0 bridgehead atoms. The van der Waals surface area contributed by atoms with Crippen molar-refractivity contribution in [1.82, 2.24) is 4.90 Å². The Morgan fingerprint density at radius 2 is 1.92 bits per heavy atom. The first-order valence-electron chi connectivity index (χ1n) is 8.39. The zero-order valence-corrected chi connectivity index (χ0v) is 14.2. The molecule has 3 rings (SSSR count). The molecule has 2 aromatic carbocycles. The smallest absolute Gasteiger partial charge is 0.238 e. The van der Waals surface area contributed by atoms with Crippen LogP contribution >= 0.6 is 0 Å². The van der Waals surface area contributed by atoms with Crippen LogP contribution in [0.3, 0.4) is 0 Å². The van der Waals surface area contributed by atoms with Crippen molar-refractivity contribution in [3.8, 4) is 0 Å². The summed E-state index contributed by atoms with van der Waals surface area (Å²) < 4.78 is 13.7. The summed E-state index contributed by atoms with van der Waals surface area (Å²) in [4.78, 5) is 14.5. The molecule has 1 heterocycles. The van der Waals surface area contributed by atoms with Crippen molar-refractivity contribution in [2.75, 3.05) is 18.4 Å². The number of benzene rings is 2. The lowest BCUT2D eigenvalue weighted by Gasteiger charge is -2.25.